The van der Waals surface area contributed by atoms with Crippen molar-refractivity contribution in [1.82, 2.24) is 46.2 Å². The number of likely N-dealkylation sites (tertiary alicyclic amines) is 1. The van der Waals surface area contributed by atoms with Crippen LogP contribution in [0.4, 0.5) is 15.3 Å². The number of methoxy groups -OCH3 is 3. The number of ether oxygens (including phenoxy) is 7. The van der Waals surface area contributed by atoms with Crippen molar-refractivity contribution < 1.29 is 85.9 Å². The number of anilines is 1. The summed E-state index contributed by atoms with van der Waals surface area (Å²) >= 11 is 0. The maximum Gasteiger partial charge on any atom is 0.410 e. The molecule has 0 radical (unpaired) electrons. The van der Waals surface area contributed by atoms with Gasteiger partial charge in [0.15, 0.2) is 0 Å². The van der Waals surface area contributed by atoms with E-state index in [9.17, 15) is 52.7 Å². The van der Waals surface area contributed by atoms with Gasteiger partial charge in [0.1, 0.15) is 37.4 Å². The minimum absolute atomic E-state index is 0.0207. The number of hydrogen-bond donors (Lipinski definition) is 7. The fourth-order valence-corrected chi connectivity index (χ4v) is 12.9. The van der Waals surface area contributed by atoms with Gasteiger partial charge in [-0.25, -0.2) is 14.4 Å². The summed E-state index contributed by atoms with van der Waals surface area (Å²) < 4.78 is 39.6. The number of unbranched alkanes of at least 4 members (excludes halogenated alkanes) is 2. The second kappa shape index (κ2) is 46.7. The minimum Gasteiger partial charge on any atom is -0.462 e. The molecule has 0 aromatic heterocycles. The van der Waals surface area contributed by atoms with Crippen LogP contribution in [0, 0.1) is 29.6 Å². The van der Waals surface area contributed by atoms with Crippen molar-refractivity contribution in [3.8, 4) is 0 Å². The molecule has 0 saturated carbocycles. The van der Waals surface area contributed by atoms with E-state index in [4.69, 9.17) is 38.9 Å². The van der Waals surface area contributed by atoms with Crippen LogP contribution in [-0.4, -0.2) is 241 Å². The van der Waals surface area contributed by atoms with Crippen molar-refractivity contribution in [2.75, 3.05) is 107 Å². The Hall–Kier alpha value is -8.09. The molecule has 2 heterocycles. The summed E-state index contributed by atoms with van der Waals surface area (Å²) in [5.41, 5.74) is 7.00. The van der Waals surface area contributed by atoms with E-state index in [1.165, 1.54) is 31.2 Å². The summed E-state index contributed by atoms with van der Waals surface area (Å²) in [5.74, 6) is -5.45. The third-order valence-corrected chi connectivity index (χ3v) is 19.0. The van der Waals surface area contributed by atoms with Gasteiger partial charge in [-0.15, -0.1) is 0 Å². The number of esters is 1. The summed E-state index contributed by atoms with van der Waals surface area (Å²) in [6.45, 7) is 19.8. The molecular weight excluding hydrogens is 1340 g/mol. The van der Waals surface area contributed by atoms with Gasteiger partial charge in [0, 0.05) is 97.3 Å². The van der Waals surface area contributed by atoms with Gasteiger partial charge in [-0.3, -0.25) is 53.1 Å². The van der Waals surface area contributed by atoms with E-state index >= 15 is 0 Å². The van der Waals surface area contributed by atoms with E-state index < -0.39 is 90.2 Å². The molecule has 8 N–H and O–H groups in total. The predicted molar refractivity (Wildman–Crippen MR) is 391 cm³/mol. The molecule has 0 aliphatic carbocycles. The highest BCUT2D eigenvalue weighted by atomic mass is 16.6. The lowest BCUT2D eigenvalue weighted by molar-refractivity contribution is -0.151. The van der Waals surface area contributed by atoms with Gasteiger partial charge in [-0.2, -0.15) is 0 Å². The van der Waals surface area contributed by atoms with Crippen molar-refractivity contribution >= 4 is 71.0 Å². The summed E-state index contributed by atoms with van der Waals surface area (Å²) in [5, 5.41) is 17.0. The topological polar surface area (TPSA) is 364 Å². The normalized spacial score (nSPS) is 16.6. The first kappa shape index (κ1) is 88.3. The molecule has 582 valence electrons. The number of carbonyl (C=O) groups is 11. The average molecular weight is 1460 g/mol. The number of primary amides is 1. The zero-order chi connectivity index (χ0) is 77.0. The molecule has 29 heteroatoms. The van der Waals surface area contributed by atoms with Crippen LogP contribution >= 0.6 is 0 Å². The zero-order valence-corrected chi connectivity index (χ0v) is 63.7. The highest BCUT2D eigenvalue weighted by Crippen LogP contribution is 2.30. The average Bonchev–Trinajstić information content (AvgIpc) is 1.57. The summed E-state index contributed by atoms with van der Waals surface area (Å²) in [6.07, 6.45) is 4.55. The number of nitrogens with one attached hydrogen (secondary N) is 6. The van der Waals surface area contributed by atoms with E-state index in [0.29, 0.717) is 82.9 Å². The Morgan fingerprint density at radius 1 is 0.663 bits per heavy atom. The zero-order valence-electron chi connectivity index (χ0n) is 63.7. The number of urea groups is 1. The Morgan fingerprint density at radius 3 is 1.90 bits per heavy atom. The number of imide groups is 1. The number of hydrogen-bond acceptors (Lipinski definition) is 19. The van der Waals surface area contributed by atoms with Crippen LogP contribution in [0.15, 0.2) is 66.7 Å². The van der Waals surface area contributed by atoms with Crippen LogP contribution in [0.1, 0.15) is 138 Å². The maximum absolute atomic E-state index is 14.7. The Morgan fingerprint density at radius 2 is 1.31 bits per heavy atom. The Labute approximate surface area is 614 Å². The minimum atomic E-state index is -1.10. The van der Waals surface area contributed by atoms with Crippen LogP contribution < -0.4 is 37.6 Å². The second-order valence-electron chi connectivity index (χ2n) is 27.9. The largest absolute Gasteiger partial charge is 0.462 e. The van der Waals surface area contributed by atoms with Gasteiger partial charge < -0.3 is 75.7 Å². The molecule has 4 rings (SSSR count). The van der Waals surface area contributed by atoms with Crippen molar-refractivity contribution in [3.63, 3.8) is 0 Å². The summed E-state index contributed by atoms with van der Waals surface area (Å²) in [6, 6.07) is 9.82. The van der Waals surface area contributed by atoms with Crippen molar-refractivity contribution in [2.24, 2.45) is 35.3 Å². The number of carbonyl (C=O) groups excluding carboxylic acids is 11. The van der Waals surface area contributed by atoms with Gasteiger partial charge in [0.25, 0.3) is 11.8 Å². The Bertz CT molecular complexity index is 3050. The fraction of sp³-hybridized carbons (Fsp3) is 0.667. The number of benzene rings is 2. The van der Waals surface area contributed by atoms with Crippen molar-refractivity contribution in [1.29, 1.82) is 0 Å². The van der Waals surface area contributed by atoms with Gasteiger partial charge in [-0.1, -0.05) is 118 Å². The van der Waals surface area contributed by atoms with E-state index in [2.05, 4.69) is 50.6 Å². The molecule has 0 unspecified atom stereocenters. The van der Waals surface area contributed by atoms with E-state index in [0.717, 1.165) is 16.9 Å². The Kier molecular flexibility index (Phi) is 39.6. The molecule has 104 heavy (non-hydrogen) atoms. The molecule has 29 nitrogen and oxygen atoms in total. The number of amides is 11. The lowest BCUT2D eigenvalue weighted by Gasteiger charge is -2.41. The smallest absolute Gasteiger partial charge is 0.410 e. The highest BCUT2D eigenvalue weighted by molar-refractivity contribution is 6.12. The van der Waals surface area contributed by atoms with E-state index in [1.54, 1.807) is 64.2 Å². The Balaban J connectivity index is 1.36. The van der Waals surface area contributed by atoms with E-state index in [-0.39, 0.29) is 124 Å². The van der Waals surface area contributed by atoms with Gasteiger partial charge >= 0.3 is 18.1 Å². The molecule has 11 amide bonds. The van der Waals surface area contributed by atoms with Gasteiger partial charge in [0.05, 0.1) is 63.6 Å². The van der Waals surface area contributed by atoms with Crippen LogP contribution in [0.3, 0.4) is 0 Å². The molecule has 1 fully saturated rings. The van der Waals surface area contributed by atoms with E-state index in [1.807, 2.05) is 65.1 Å². The standard InChI is InChI=1S/C75H119N11O18/c1-15-51(8)67(60(99-13)45-64(90)85-37-23-27-59(85)68(100-14)52(9)69(91)80-57(44-53-24-18-16-19-25-53)73(95)103-43-42-102-41-40-101-39-38-98-12)83(10)46-58(48(2)3)81-72(94)66(50(6)7)84(11)75(97)104-47-54-29-31-55(32-30-54)78-70(92)56(26-22-35-77-74(76)96)79-71(93)65(49(4)5)82-61(87)28-20-17-21-36-86-62(88)33-34-63(86)89/h16,18-19,24-25,29-34,48-52,56-60,65-68H,15,17,20-23,26-28,35-47H2,1-14H3,(H,78,92)(H,79,93)(H,80,91)(H,81,94)(H,82,87)(H3,76,77,96)/t51-,52+,56-,57-,58+,59-,60+,65-,66-,67-,68+/m0/s1. The number of rotatable bonds is 49. The lowest BCUT2D eigenvalue weighted by atomic mass is 9.89. The number of nitrogens with zero attached hydrogens (tertiary/aromatic N) is 4. The molecule has 0 bridgehead atoms. The van der Waals surface area contributed by atoms with Gasteiger partial charge in [-0.05, 0) is 92.5 Å². The third-order valence-electron chi connectivity index (χ3n) is 19.0. The molecular formula is C75H119N11O18. The SMILES string of the molecule is CC[C@H](C)[C@@H]([C@@H](CC(=O)N1CCC[C@H]1[C@H](OC)[C@@H](C)C(=O)N[C@@H](Cc1ccccc1)C(=O)OCCOCCOCCOC)OC)N(C)C[C@@H](NC(=O)[C@H](C(C)C)N(C)C(=O)OCc1ccc(NC(=O)[C@H](CCCNC(N)=O)NC(=O)[C@@H](NC(=O)CCCCCN2C(=O)C=CC2=O)C(C)C)cc1)C(C)C. The summed E-state index contributed by atoms with van der Waals surface area (Å²) in [4.78, 5) is 153. The quantitative estimate of drug-likeness (QED) is 0.0252. The molecule has 0 spiro atoms. The fourth-order valence-electron chi connectivity index (χ4n) is 12.9. The first-order valence-corrected chi connectivity index (χ1v) is 36.5. The predicted octanol–water partition coefficient (Wildman–Crippen LogP) is 5.26. The monoisotopic (exact) mass is 1460 g/mol. The van der Waals surface area contributed by atoms with Crippen molar-refractivity contribution in [2.45, 2.75) is 194 Å². The maximum atomic E-state index is 14.7. The first-order valence-electron chi connectivity index (χ1n) is 36.5. The number of nitrogens with two attached hydrogens (primary N) is 1. The molecule has 2 aromatic carbocycles. The molecule has 2 aliphatic heterocycles. The van der Waals surface area contributed by atoms with Crippen LogP contribution in [0.2, 0.25) is 0 Å². The summed E-state index contributed by atoms with van der Waals surface area (Å²) in [7, 11) is 8.16. The number of likely N-dealkylation sites (N-methyl/N-ethyl adjacent to an activating group) is 2. The van der Waals surface area contributed by atoms with Crippen molar-refractivity contribution in [3.05, 3.63) is 77.9 Å². The molecule has 1 saturated heterocycles. The van der Waals surface area contributed by atoms with Gasteiger partial charge in [0.2, 0.25) is 35.4 Å². The highest BCUT2D eigenvalue weighted by Gasteiger charge is 2.43. The van der Waals surface area contributed by atoms with Crippen LogP contribution in [-0.2, 0) is 89.3 Å². The first-order chi connectivity index (χ1) is 49.6. The third kappa shape index (κ3) is 29.5. The lowest BCUT2D eigenvalue weighted by Crippen LogP contribution is -2.58. The molecule has 2 aliphatic rings. The van der Waals surface area contributed by atoms with Crippen LogP contribution in [0.25, 0.3) is 0 Å². The molecule has 2 aromatic rings. The molecule has 11 atom stereocenters. The van der Waals surface area contributed by atoms with Crippen LogP contribution in [0.5, 0.6) is 0 Å². The second-order valence-corrected chi connectivity index (χ2v) is 27.9.